The number of nitrogens with one attached hydrogen (secondary N) is 1. The number of hydrogen-bond acceptors (Lipinski definition) is 6. The first-order valence-corrected chi connectivity index (χ1v) is 13.1. The van der Waals surface area contributed by atoms with Gasteiger partial charge in [-0.15, -0.1) is 0 Å². The highest BCUT2D eigenvalue weighted by Crippen LogP contribution is 2.35. The van der Waals surface area contributed by atoms with Crippen LogP contribution < -0.4 is 14.8 Å². The van der Waals surface area contributed by atoms with Crippen LogP contribution in [0.5, 0.6) is 11.5 Å². The monoisotopic (exact) mass is 489 g/mol. The third kappa shape index (κ3) is 7.29. The fourth-order valence-electron chi connectivity index (χ4n) is 4.73. The maximum Gasteiger partial charge on any atom is 0.122 e. The van der Waals surface area contributed by atoms with E-state index in [1.807, 2.05) is 24.4 Å². The molecule has 6 heteroatoms. The van der Waals surface area contributed by atoms with Gasteiger partial charge >= 0.3 is 0 Å². The highest BCUT2D eigenvalue weighted by Gasteiger charge is 2.19. The SMILES string of the molecule is Cc1c(OCCCNCc2cccnc2)cccc1-c1cccc(OCCCN2CCC(O)C2)c1C. The Bertz CT molecular complexity index is 1090. The summed E-state index contributed by atoms with van der Waals surface area (Å²) in [6, 6.07) is 16.6. The Kier molecular flexibility index (Phi) is 9.73. The number of benzene rings is 2. The molecule has 0 spiro atoms. The maximum atomic E-state index is 9.69. The number of hydrogen-bond donors (Lipinski definition) is 2. The van der Waals surface area contributed by atoms with Crippen molar-refractivity contribution in [3.05, 3.63) is 77.6 Å². The van der Waals surface area contributed by atoms with Gasteiger partial charge in [-0.25, -0.2) is 0 Å². The summed E-state index contributed by atoms with van der Waals surface area (Å²) in [6.07, 6.45) is 6.29. The molecule has 6 nitrogen and oxygen atoms in total. The van der Waals surface area contributed by atoms with Gasteiger partial charge in [0.1, 0.15) is 11.5 Å². The number of likely N-dealkylation sites (tertiary alicyclic amines) is 1. The Morgan fingerprint density at radius 1 is 0.944 bits per heavy atom. The topological polar surface area (TPSA) is 66.8 Å². The molecule has 1 saturated heterocycles. The molecule has 0 aliphatic carbocycles. The lowest BCUT2D eigenvalue weighted by Crippen LogP contribution is -2.24. The van der Waals surface area contributed by atoms with E-state index in [1.54, 1.807) is 6.20 Å². The number of rotatable bonds is 13. The highest BCUT2D eigenvalue weighted by atomic mass is 16.5. The largest absolute Gasteiger partial charge is 0.493 e. The van der Waals surface area contributed by atoms with Gasteiger partial charge in [0.05, 0.1) is 19.3 Å². The third-order valence-electron chi connectivity index (χ3n) is 6.79. The molecular weight excluding hydrogens is 450 g/mol. The zero-order valence-electron chi connectivity index (χ0n) is 21.6. The standard InChI is InChI=1S/C30H39N3O3/c1-23-27(9-3-11-29(23)35-18-6-15-32-21-25-8-5-14-31-20-25)28-10-4-12-30(24(28)2)36-19-7-16-33-17-13-26(34)22-33/h3-5,8-12,14,20,26,32,34H,6-7,13,15-19,21-22H2,1-2H3. The molecule has 1 aromatic heterocycles. The molecule has 0 saturated carbocycles. The van der Waals surface area contributed by atoms with E-state index in [-0.39, 0.29) is 6.10 Å². The van der Waals surface area contributed by atoms with Crippen molar-refractivity contribution in [2.45, 2.75) is 45.8 Å². The van der Waals surface area contributed by atoms with Gasteiger partial charge in [0.15, 0.2) is 0 Å². The van der Waals surface area contributed by atoms with Gasteiger partial charge in [-0.1, -0.05) is 30.3 Å². The van der Waals surface area contributed by atoms with Crippen molar-refractivity contribution in [2.24, 2.45) is 0 Å². The van der Waals surface area contributed by atoms with Crippen LogP contribution in [0.1, 0.15) is 36.0 Å². The molecule has 1 fully saturated rings. The number of aliphatic hydroxyl groups excluding tert-OH is 1. The summed E-state index contributed by atoms with van der Waals surface area (Å²) in [5.41, 5.74) is 5.84. The lowest BCUT2D eigenvalue weighted by Gasteiger charge is -2.18. The smallest absolute Gasteiger partial charge is 0.122 e. The van der Waals surface area contributed by atoms with E-state index < -0.39 is 0 Å². The van der Waals surface area contributed by atoms with E-state index >= 15 is 0 Å². The Morgan fingerprint density at radius 3 is 2.25 bits per heavy atom. The molecule has 1 unspecified atom stereocenters. The van der Waals surface area contributed by atoms with E-state index in [9.17, 15) is 5.11 Å². The molecule has 2 aromatic carbocycles. The molecule has 2 N–H and O–H groups in total. The summed E-state index contributed by atoms with van der Waals surface area (Å²) < 4.78 is 12.3. The van der Waals surface area contributed by atoms with E-state index in [4.69, 9.17) is 9.47 Å². The van der Waals surface area contributed by atoms with Gasteiger partial charge in [0.2, 0.25) is 0 Å². The van der Waals surface area contributed by atoms with E-state index in [0.29, 0.717) is 13.2 Å². The van der Waals surface area contributed by atoms with Crippen LogP contribution in [0, 0.1) is 13.8 Å². The Morgan fingerprint density at radius 2 is 1.64 bits per heavy atom. The molecule has 0 bridgehead atoms. The van der Waals surface area contributed by atoms with Crippen LogP contribution in [0.25, 0.3) is 11.1 Å². The first-order chi connectivity index (χ1) is 17.6. The summed E-state index contributed by atoms with van der Waals surface area (Å²) in [4.78, 5) is 6.46. The molecular formula is C30H39N3O3. The fourth-order valence-corrected chi connectivity index (χ4v) is 4.73. The average Bonchev–Trinajstić information content (AvgIpc) is 3.31. The van der Waals surface area contributed by atoms with Crippen molar-refractivity contribution >= 4 is 0 Å². The first kappa shape index (κ1) is 26.1. The molecule has 36 heavy (non-hydrogen) atoms. The summed E-state index contributed by atoms with van der Waals surface area (Å²) >= 11 is 0. The Hall–Kier alpha value is -2.93. The lowest BCUT2D eigenvalue weighted by molar-refractivity contribution is 0.173. The van der Waals surface area contributed by atoms with Crippen molar-refractivity contribution in [3.8, 4) is 22.6 Å². The van der Waals surface area contributed by atoms with E-state index in [1.165, 1.54) is 16.7 Å². The van der Waals surface area contributed by atoms with E-state index in [2.05, 4.69) is 59.4 Å². The molecule has 0 amide bonds. The number of aromatic nitrogens is 1. The number of β-amino-alcohol motifs (C(OH)–C–C–N with tert-alkyl or cyclic N) is 1. The van der Waals surface area contributed by atoms with Crippen LogP contribution >= 0.6 is 0 Å². The van der Waals surface area contributed by atoms with Crippen LogP contribution in [0.15, 0.2) is 60.9 Å². The van der Waals surface area contributed by atoms with Crippen LogP contribution in [0.4, 0.5) is 0 Å². The summed E-state index contributed by atoms with van der Waals surface area (Å²) in [7, 11) is 0. The molecule has 1 aliphatic heterocycles. The summed E-state index contributed by atoms with van der Waals surface area (Å²) in [6.45, 7) is 10.0. The van der Waals surface area contributed by atoms with Gasteiger partial charge in [-0.05, 0) is 85.7 Å². The van der Waals surface area contributed by atoms with Crippen LogP contribution in [-0.4, -0.2) is 60.5 Å². The minimum atomic E-state index is -0.165. The van der Waals surface area contributed by atoms with Crippen molar-refractivity contribution < 1.29 is 14.6 Å². The van der Waals surface area contributed by atoms with Crippen LogP contribution in [0.3, 0.4) is 0 Å². The van der Waals surface area contributed by atoms with Crippen molar-refractivity contribution in [1.82, 2.24) is 15.2 Å². The van der Waals surface area contributed by atoms with Crippen LogP contribution in [-0.2, 0) is 6.54 Å². The Labute approximate surface area is 215 Å². The second-order valence-corrected chi connectivity index (χ2v) is 9.54. The lowest BCUT2D eigenvalue weighted by atomic mass is 9.95. The summed E-state index contributed by atoms with van der Waals surface area (Å²) in [5, 5.41) is 13.1. The molecule has 3 aromatic rings. The van der Waals surface area contributed by atoms with Gasteiger partial charge in [-0.3, -0.25) is 4.98 Å². The predicted molar refractivity (Wildman–Crippen MR) is 145 cm³/mol. The van der Waals surface area contributed by atoms with Crippen molar-refractivity contribution in [1.29, 1.82) is 0 Å². The number of pyridine rings is 1. The molecule has 1 atom stereocenters. The van der Waals surface area contributed by atoms with Crippen molar-refractivity contribution in [2.75, 3.05) is 39.4 Å². The summed E-state index contributed by atoms with van der Waals surface area (Å²) in [5.74, 6) is 1.86. The minimum absolute atomic E-state index is 0.165. The molecule has 0 radical (unpaired) electrons. The van der Waals surface area contributed by atoms with Gasteiger partial charge < -0.3 is 24.8 Å². The fraction of sp³-hybridized carbons (Fsp3) is 0.433. The van der Waals surface area contributed by atoms with Gasteiger partial charge in [0, 0.05) is 38.6 Å². The maximum absolute atomic E-state index is 9.69. The highest BCUT2D eigenvalue weighted by molar-refractivity contribution is 5.74. The molecule has 2 heterocycles. The second kappa shape index (κ2) is 13.4. The average molecular weight is 490 g/mol. The zero-order valence-corrected chi connectivity index (χ0v) is 21.6. The predicted octanol–water partition coefficient (Wildman–Crippen LogP) is 4.76. The molecule has 192 valence electrons. The van der Waals surface area contributed by atoms with Gasteiger partial charge in [0.25, 0.3) is 0 Å². The van der Waals surface area contributed by atoms with Crippen LogP contribution in [0.2, 0.25) is 0 Å². The number of nitrogens with zero attached hydrogens (tertiary/aromatic N) is 2. The first-order valence-electron chi connectivity index (χ1n) is 13.1. The van der Waals surface area contributed by atoms with E-state index in [0.717, 1.165) is 74.6 Å². The quantitative estimate of drug-likeness (QED) is 0.338. The van der Waals surface area contributed by atoms with Crippen molar-refractivity contribution in [3.63, 3.8) is 0 Å². The van der Waals surface area contributed by atoms with Gasteiger partial charge in [-0.2, -0.15) is 0 Å². The second-order valence-electron chi connectivity index (χ2n) is 9.54. The Balaban J connectivity index is 1.28. The zero-order chi connectivity index (χ0) is 25.2. The number of aliphatic hydroxyl groups is 1. The molecule has 1 aliphatic rings. The number of ether oxygens (including phenoxy) is 2. The third-order valence-corrected chi connectivity index (χ3v) is 6.79. The molecule has 4 rings (SSSR count). The minimum Gasteiger partial charge on any atom is -0.493 e. The normalized spacial score (nSPS) is 15.8.